The Hall–Kier alpha value is -2.52. The van der Waals surface area contributed by atoms with Gasteiger partial charge in [-0.3, -0.25) is 4.79 Å². The molecule has 3 N–H and O–H groups in total. The summed E-state index contributed by atoms with van der Waals surface area (Å²) in [5, 5.41) is 14.6. The lowest BCUT2D eigenvalue weighted by atomic mass is 10.1. The Bertz CT molecular complexity index is 652. The first-order chi connectivity index (χ1) is 14.2. The van der Waals surface area contributed by atoms with Gasteiger partial charge in [0, 0.05) is 13.1 Å². The molecule has 31 heavy (non-hydrogen) atoms. The normalized spacial score (nSPS) is 17.6. The number of carbonyl (C=O) groups is 4. The Labute approximate surface area is 184 Å². The van der Waals surface area contributed by atoms with Crippen LogP contribution in [0.1, 0.15) is 73.6 Å². The van der Waals surface area contributed by atoms with E-state index in [0.29, 0.717) is 38.8 Å². The molecule has 0 radical (unpaired) electrons. The fraction of sp³-hybridized carbons (Fsp3) is 0.810. The highest BCUT2D eigenvalue weighted by Crippen LogP contribution is 2.20. The minimum Gasteiger partial charge on any atom is -0.480 e. The second-order valence-corrected chi connectivity index (χ2v) is 9.65. The maximum atomic E-state index is 13.0. The molecule has 0 unspecified atom stereocenters. The van der Waals surface area contributed by atoms with E-state index in [2.05, 4.69) is 10.6 Å². The lowest BCUT2D eigenvalue weighted by Crippen LogP contribution is -2.52. The molecule has 0 saturated carbocycles. The summed E-state index contributed by atoms with van der Waals surface area (Å²) in [6.07, 6.45) is 1.10. The summed E-state index contributed by atoms with van der Waals surface area (Å²) in [6.45, 7) is 11.1. The molecule has 1 aliphatic heterocycles. The topological polar surface area (TPSA) is 134 Å². The third kappa shape index (κ3) is 10.4. The number of carboxylic acid groups (broad SMARTS) is 1. The SMILES string of the molecule is CC(C)(C)OC(=O)NCCCC[C@H](NC(=O)OC(C)(C)C)C(=O)N1CCC[C@@H]1C(=O)O. The van der Waals surface area contributed by atoms with Gasteiger partial charge in [-0.1, -0.05) is 0 Å². The summed E-state index contributed by atoms with van der Waals surface area (Å²) >= 11 is 0. The number of hydrogen-bond donors (Lipinski definition) is 3. The number of nitrogens with zero attached hydrogens (tertiary/aromatic N) is 1. The molecule has 10 nitrogen and oxygen atoms in total. The molecule has 2 atom stereocenters. The number of aliphatic carboxylic acids is 1. The quantitative estimate of drug-likeness (QED) is 0.491. The number of carbonyl (C=O) groups excluding carboxylic acids is 3. The molecule has 1 rings (SSSR count). The van der Waals surface area contributed by atoms with Crippen LogP contribution >= 0.6 is 0 Å². The Kier molecular flexibility index (Phi) is 9.58. The van der Waals surface area contributed by atoms with Crippen LogP contribution in [0, 0.1) is 0 Å². The highest BCUT2D eigenvalue weighted by atomic mass is 16.6. The molecule has 0 spiro atoms. The number of nitrogens with one attached hydrogen (secondary N) is 2. The zero-order valence-electron chi connectivity index (χ0n) is 19.4. The zero-order valence-corrected chi connectivity index (χ0v) is 19.4. The summed E-state index contributed by atoms with van der Waals surface area (Å²) < 4.78 is 10.4. The number of likely N-dealkylation sites (tertiary alicyclic amines) is 1. The van der Waals surface area contributed by atoms with Crippen molar-refractivity contribution in [2.45, 2.75) is 96.9 Å². The van der Waals surface area contributed by atoms with E-state index in [-0.39, 0.29) is 6.42 Å². The highest BCUT2D eigenvalue weighted by Gasteiger charge is 2.37. The molecule has 0 aliphatic carbocycles. The van der Waals surface area contributed by atoms with Gasteiger partial charge >= 0.3 is 18.2 Å². The van der Waals surface area contributed by atoms with Crippen LogP contribution in [0.3, 0.4) is 0 Å². The molecule has 1 fully saturated rings. The number of rotatable bonds is 8. The van der Waals surface area contributed by atoms with Gasteiger partial charge in [-0.2, -0.15) is 0 Å². The smallest absolute Gasteiger partial charge is 0.408 e. The maximum absolute atomic E-state index is 13.0. The van der Waals surface area contributed by atoms with E-state index in [1.54, 1.807) is 41.5 Å². The molecular weight excluding hydrogens is 406 g/mol. The van der Waals surface area contributed by atoms with Gasteiger partial charge < -0.3 is 30.1 Å². The van der Waals surface area contributed by atoms with Gasteiger partial charge in [0.1, 0.15) is 23.3 Å². The molecule has 0 aromatic heterocycles. The first kappa shape index (κ1) is 26.5. The summed E-state index contributed by atoms with van der Waals surface area (Å²) in [4.78, 5) is 49.7. The second-order valence-electron chi connectivity index (χ2n) is 9.65. The van der Waals surface area contributed by atoms with Gasteiger partial charge in [-0.05, 0) is 73.6 Å². The molecule has 10 heteroatoms. The minimum absolute atomic E-state index is 0.289. The largest absolute Gasteiger partial charge is 0.480 e. The van der Waals surface area contributed by atoms with Crippen molar-refractivity contribution in [2.24, 2.45) is 0 Å². The van der Waals surface area contributed by atoms with E-state index in [9.17, 15) is 24.3 Å². The number of ether oxygens (including phenoxy) is 2. The lowest BCUT2D eigenvalue weighted by molar-refractivity contribution is -0.149. The van der Waals surface area contributed by atoms with Gasteiger partial charge in [0.2, 0.25) is 5.91 Å². The van der Waals surface area contributed by atoms with Gasteiger partial charge in [0.15, 0.2) is 0 Å². The number of carboxylic acids is 1. The Morgan fingerprint density at radius 2 is 1.58 bits per heavy atom. The summed E-state index contributed by atoms with van der Waals surface area (Å²) in [6, 6.07) is -1.79. The van der Waals surface area contributed by atoms with E-state index in [4.69, 9.17) is 9.47 Å². The number of unbranched alkanes of at least 4 members (excludes halogenated alkanes) is 1. The predicted octanol–water partition coefficient (Wildman–Crippen LogP) is 2.65. The van der Waals surface area contributed by atoms with Crippen molar-refractivity contribution < 1.29 is 33.8 Å². The lowest BCUT2D eigenvalue weighted by Gasteiger charge is -2.28. The van der Waals surface area contributed by atoms with Crippen molar-refractivity contribution in [1.82, 2.24) is 15.5 Å². The van der Waals surface area contributed by atoms with Crippen LogP contribution in [0.15, 0.2) is 0 Å². The average Bonchev–Trinajstić information content (AvgIpc) is 3.06. The zero-order chi connectivity index (χ0) is 23.8. The van der Waals surface area contributed by atoms with E-state index >= 15 is 0 Å². The van der Waals surface area contributed by atoms with E-state index in [1.807, 2.05) is 0 Å². The molecule has 178 valence electrons. The molecule has 0 bridgehead atoms. The van der Waals surface area contributed by atoms with Crippen LogP contribution in [0.4, 0.5) is 9.59 Å². The number of alkyl carbamates (subject to hydrolysis) is 2. The second kappa shape index (κ2) is 11.2. The van der Waals surface area contributed by atoms with Gasteiger partial charge in [0.05, 0.1) is 0 Å². The molecule has 0 aromatic rings. The first-order valence-corrected chi connectivity index (χ1v) is 10.7. The van der Waals surface area contributed by atoms with Crippen molar-refractivity contribution in [2.75, 3.05) is 13.1 Å². The fourth-order valence-electron chi connectivity index (χ4n) is 3.17. The minimum atomic E-state index is -1.05. The van der Waals surface area contributed by atoms with Crippen LogP contribution in [0.5, 0.6) is 0 Å². The fourth-order valence-corrected chi connectivity index (χ4v) is 3.17. The van der Waals surface area contributed by atoms with Crippen LogP contribution in [0.2, 0.25) is 0 Å². The third-order valence-corrected chi connectivity index (χ3v) is 4.40. The predicted molar refractivity (Wildman–Crippen MR) is 114 cm³/mol. The van der Waals surface area contributed by atoms with Crippen molar-refractivity contribution >= 4 is 24.1 Å². The van der Waals surface area contributed by atoms with E-state index in [1.165, 1.54) is 4.90 Å². The third-order valence-electron chi connectivity index (χ3n) is 4.40. The summed E-state index contributed by atoms with van der Waals surface area (Å²) in [7, 11) is 0. The molecule has 1 aliphatic rings. The maximum Gasteiger partial charge on any atom is 0.408 e. The average molecular weight is 444 g/mol. The van der Waals surface area contributed by atoms with Gasteiger partial charge in [0.25, 0.3) is 0 Å². The van der Waals surface area contributed by atoms with Crippen molar-refractivity contribution in [3.63, 3.8) is 0 Å². The van der Waals surface area contributed by atoms with Crippen LogP contribution in [0.25, 0.3) is 0 Å². The van der Waals surface area contributed by atoms with Crippen molar-refractivity contribution in [3.05, 3.63) is 0 Å². The Morgan fingerprint density at radius 3 is 2.13 bits per heavy atom. The molecule has 0 aromatic carbocycles. The van der Waals surface area contributed by atoms with E-state index < -0.39 is 47.3 Å². The molecule has 1 heterocycles. The Balaban J connectivity index is 2.66. The monoisotopic (exact) mass is 443 g/mol. The standard InChI is InChI=1S/C21H37N3O7/c1-20(2,3)30-18(28)22-12-8-7-10-14(23-19(29)31-21(4,5)6)16(25)24-13-9-11-15(24)17(26)27/h14-15H,7-13H2,1-6H3,(H,22,28)(H,23,29)(H,26,27)/t14-,15+/m0/s1. The number of hydrogen-bond acceptors (Lipinski definition) is 6. The molecule has 1 saturated heterocycles. The van der Waals surface area contributed by atoms with Gasteiger partial charge in [-0.25, -0.2) is 14.4 Å². The van der Waals surface area contributed by atoms with Crippen LogP contribution < -0.4 is 10.6 Å². The van der Waals surface area contributed by atoms with Crippen molar-refractivity contribution in [1.29, 1.82) is 0 Å². The highest BCUT2D eigenvalue weighted by molar-refractivity contribution is 5.89. The van der Waals surface area contributed by atoms with Crippen LogP contribution in [-0.4, -0.2) is 70.4 Å². The molecular formula is C21H37N3O7. The number of amides is 3. The van der Waals surface area contributed by atoms with Gasteiger partial charge in [-0.15, -0.1) is 0 Å². The van der Waals surface area contributed by atoms with Crippen molar-refractivity contribution in [3.8, 4) is 0 Å². The van der Waals surface area contributed by atoms with E-state index in [0.717, 1.165) is 0 Å². The summed E-state index contributed by atoms with van der Waals surface area (Å²) in [5.74, 6) is -1.49. The summed E-state index contributed by atoms with van der Waals surface area (Å²) in [5.41, 5.74) is -1.32. The first-order valence-electron chi connectivity index (χ1n) is 10.7. The van der Waals surface area contributed by atoms with Crippen LogP contribution in [-0.2, 0) is 19.1 Å². The Morgan fingerprint density at radius 1 is 1.00 bits per heavy atom. The molecule has 3 amide bonds.